The van der Waals surface area contributed by atoms with E-state index in [4.69, 9.17) is 4.74 Å². The molecule has 1 aliphatic rings. The number of nitrogens with zero attached hydrogens (tertiary/aromatic N) is 3. The minimum Gasteiger partial charge on any atom is -0.478 e. The molecule has 102 valence electrons. The lowest BCUT2D eigenvalue weighted by Gasteiger charge is -2.15. The molecule has 0 atom stereocenters. The third kappa shape index (κ3) is 2.34. The van der Waals surface area contributed by atoms with Gasteiger partial charge in [-0.3, -0.25) is 9.78 Å². The Kier molecular flexibility index (Phi) is 3.33. The Morgan fingerprint density at radius 1 is 1.30 bits per heavy atom. The zero-order valence-electron chi connectivity index (χ0n) is 11.2. The molecule has 1 amide bonds. The van der Waals surface area contributed by atoms with Gasteiger partial charge < -0.3 is 9.64 Å². The number of aromatic nitrogens is 2. The highest BCUT2D eigenvalue weighted by Crippen LogP contribution is 2.22. The molecule has 0 saturated heterocycles. The van der Waals surface area contributed by atoms with E-state index in [-0.39, 0.29) is 5.91 Å². The van der Waals surface area contributed by atoms with Crippen molar-refractivity contribution in [3.63, 3.8) is 0 Å². The summed E-state index contributed by atoms with van der Waals surface area (Å²) in [4.78, 5) is 22.6. The van der Waals surface area contributed by atoms with Crippen molar-refractivity contribution >= 4 is 5.91 Å². The van der Waals surface area contributed by atoms with E-state index in [1.54, 1.807) is 29.4 Å². The van der Waals surface area contributed by atoms with Gasteiger partial charge >= 0.3 is 0 Å². The molecular weight excluding hydrogens is 254 g/mol. The molecule has 2 aromatic heterocycles. The van der Waals surface area contributed by atoms with Crippen molar-refractivity contribution in [2.24, 2.45) is 0 Å². The van der Waals surface area contributed by atoms with Gasteiger partial charge in [-0.25, -0.2) is 4.98 Å². The molecule has 0 saturated carbocycles. The summed E-state index contributed by atoms with van der Waals surface area (Å²) in [5.41, 5.74) is 2.65. The largest absolute Gasteiger partial charge is 0.478 e. The van der Waals surface area contributed by atoms with Crippen molar-refractivity contribution in [3.8, 4) is 5.88 Å². The Labute approximate surface area is 117 Å². The maximum absolute atomic E-state index is 12.4. The van der Waals surface area contributed by atoms with Crippen LogP contribution in [0, 0.1) is 0 Å². The van der Waals surface area contributed by atoms with Gasteiger partial charge in [0.2, 0.25) is 5.88 Å². The van der Waals surface area contributed by atoms with E-state index in [0.717, 1.165) is 11.3 Å². The molecular formula is C15H15N3O2. The maximum Gasteiger partial charge on any atom is 0.256 e. The average molecular weight is 269 g/mol. The highest BCUT2D eigenvalue weighted by molar-refractivity contribution is 5.94. The first-order valence-corrected chi connectivity index (χ1v) is 6.59. The maximum atomic E-state index is 12.4. The van der Waals surface area contributed by atoms with Crippen LogP contribution in [0.1, 0.15) is 28.5 Å². The van der Waals surface area contributed by atoms with E-state index in [1.165, 1.54) is 0 Å². The van der Waals surface area contributed by atoms with E-state index < -0.39 is 0 Å². The van der Waals surface area contributed by atoms with Gasteiger partial charge in [0.05, 0.1) is 24.4 Å². The fourth-order valence-corrected chi connectivity index (χ4v) is 2.27. The van der Waals surface area contributed by atoms with E-state index in [1.807, 2.05) is 19.1 Å². The van der Waals surface area contributed by atoms with Gasteiger partial charge in [0.25, 0.3) is 5.91 Å². The number of ether oxygens (including phenoxy) is 1. The van der Waals surface area contributed by atoms with E-state index in [9.17, 15) is 4.79 Å². The van der Waals surface area contributed by atoms with Crippen LogP contribution in [0.2, 0.25) is 0 Å². The van der Waals surface area contributed by atoms with E-state index in [2.05, 4.69) is 9.97 Å². The van der Waals surface area contributed by atoms with Crippen molar-refractivity contribution in [2.75, 3.05) is 6.61 Å². The Balaban J connectivity index is 1.74. The van der Waals surface area contributed by atoms with Crippen molar-refractivity contribution in [1.29, 1.82) is 0 Å². The fraction of sp³-hybridized carbons (Fsp3) is 0.267. The molecule has 1 aliphatic heterocycles. The van der Waals surface area contributed by atoms with Gasteiger partial charge in [-0.15, -0.1) is 0 Å². The van der Waals surface area contributed by atoms with E-state index >= 15 is 0 Å². The molecule has 5 heteroatoms. The van der Waals surface area contributed by atoms with Crippen LogP contribution in [0.4, 0.5) is 0 Å². The third-order valence-electron chi connectivity index (χ3n) is 3.25. The highest BCUT2D eigenvalue weighted by Gasteiger charge is 2.25. The third-order valence-corrected chi connectivity index (χ3v) is 3.25. The van der Waals surface area contributed by atoms with Crippen LogP contribution < -0.4 is 4.74 Å². The van der Waals surface area contributed by atoms with E-state index in [0.29, 0.717) is 31.1 Å². The van der Waals surface area contributed by atoms with Crippen LogP contribution in [0.15, 0.2) is 36.7 Å². The second-order valence-corrected chi connectivity index (χ2v) is 4.59. The predicted molar refractivity (Wildman–Crippen MR) is 73.2 cm³/mol. The summed E-state index contributed by atoms with van der Waals surface area (Å²) in [7, 11) is 0. The van der Waals surface area contributed by atoms with Gasteiger partial charge in [0.1, 0.15) is 0 Å². The SMILES string of the molecule is CCOc1ccc(C(=O)N2Cc3cccnc3C2)cn1. The Morgan fingerprint density at radius 2 is 2.20 bits per heavy atom. The summed E-state index contributed by atoms with van der Waals surface area (Å²) in [6.07, 6.45) is 3.31. The molecule has 0 N–H and O–H groups in total. The number of rotatable bonds is 3. The zero-order chi connectivity index (χ0) is 13.9. The van der Waals surface area contributed by atoms with Crippen LogP contribution in [0.5, 0.6) is 5.88 Å². The summed E-state index contributed by atoms with van der Waals surface area (Å²) in [6, 6.07) is 7.37. The van der Waals surface area contributed by atoms with Crippen LogP contribution in [-0.4, -0.2) is 27.4 Å². The van der Waals surface area contributed by atoms with Crippen molar-refractivity contribution in [3.05, 3.63) is 53.5 Å². The van der Waals surface area contributed by atoms with Gasteiger partial charge in [-0.05, 0) is 24.6 Å². The molecule has 5 nitrogen and oxygen atoms in total. The zero-order valence-corrected chi connectivity index (χ0v) is 11.2. The summed E-state index contributed by atoms with van der Waals surface area (Å²) in [5.74, 6) is 0.508. The smallest absolute Gasteiger partial charge is 0.256 e. The number of carbonyl (C=O) groups is 1. The highest BCUT2D eigenvalue weighted by atomic mass is 16.5. The quantitative estimate of drug-likeness (QED) is 0.855. The average Bonchev–Trinajstić information content (AvgIpc) is 2.91. The standard InChI is InChI=1S/C15H15N3O2/c1-2-20-14-6-5-11(8-17-14)15(19)18-9-12-4-3-7-16-13(12)10-18/h3-8H,2,9-10H2,1H3. The molecule has 2 aromatic rings. The lowest BCUT2D eigenvalue weighted by molar-refractivity contribution is 0.0750. The molecule has 0 unspecified atom stereocenters. The van der Waals surface area contributed by atoms with Crippen molar-refractivity contribution in [2.45, 2.75) is 20.0 Å². The minimum absolute atomic E-state index is 0.0291. The van der Waals surface area contributed by atoms with Crippen LogP contribution in [0.25, 0.3) is 0 Å². The number of fused-ring (bicyclic) bond motifs is 1. The van der Waals surface area contributed by atoms with Gasteiger partial charge in [0.15, 0.2) is 0 Å². The van der Waals surface area contributed by atoms with Gasteiger partial charge in [-0.1, -0.05) is 6.07 Å². The second-order valence-electron chi connectivity index (χ2n) is 4.59. The van der Waals surface area contributed by atoms with Gasteiger partial charge in [0, 0.05) is 25.0 Å². The summed E-state index contributed by atoms with van der Waals surface area (Å²) in [5, 5.41) is 0. The first-order valence-electron chi connectivity index (χ1n) is 6.59. The molecule has 0 spiro atoms. The molecule has 3 heterocycles. The Bertz CT molecular complexity index is 600. The monoisotopic (exact) mass is 269 g/mol. The predicted octanol–water partition coefficient (Wildman–Crippen LogP) is 2.03. The number of hydrogen-bond acceptors (Lipinski definition) is 4. The number of carbonyl (C=O) groups excluding carboxylic acids is 1. The first kappa shape index (κ1) is 12.6. The second kappa shape index (κ2) is 5.28. The first-order chi connectivity index (χ1) is 9.78. The van der Waals surface area contributed by atoms with Crippen molar-refractivity contribution in [1.82, 2.24) is 14.9 Å². The van der Waals surface area contributed by atoms with Gasteiger partial charge in [-0.2, -0.15) is 0 Å². The number of amides is 1. The van der Waals surface area contributed by atoms with Crippen LogP contribution >= 0.6 is 0 Å². The minimum atomic E-state index is -0.0291. The van der Waals surface area contributed by atoms with Crippen molar-refractivity contribution < 1.29 is 9.53 Å². The Hall–Kier alpha value is -2.43. The summed E-state index contributed by atoms with van der Waals surface area (Å²) >= 11 is 0. The van der Waals surface area contributed by atoms with Crippen LogP contribution in [-0.2, 0) is 13.1 Å². The fourth-order valence-electron chi connectivity index (χ4n) is 2.27. The molecule has 0 fully saturated rings. The molecule has 0 aromatic carbocycles. The molecule has 0 bridgehead atoms. The lowest BCUT2D eigenvalue weighted by Crippen LogP contribution is -2.25. The molecule has 0 aliphatic carbocycles. The van der Waals surface area contributed by atoms with Crippen LogP contribution in [0.3, 0.4) is 0 Å². The number of hydrogen-bond donors (Lipinski definition) is 0. The molecule has 20 heavy (non-hydrogen) atoms. The lowest BCUT2D eigenvalue weighted by atomic mass is 10.2. The number of pyridine rings is 2. The Morgan fingerprint density at radius 3 is 2.90 bits per heavy atom. The topological polar surface area (TPSA) is 55.3 Å². The molecule has 0 radical (unpaired) electrons. The normalized spacial score (nSPS) is 13.2. The summed E-state index contributed by atoms with van der Waals surface area (Å²) < 4.78 is 5.27. The molecule has 3 rings (SSSR count). The summed E-state index contributed by atoms with van der Waals surface area (Å²) in [6.45, 7) is 3.63.